The minimum atomic E-state index is 0.444. The molecule has 1 aromatic heterocycles. The molecule has 3 rings (SSSR count). The van der Waals surface area contributed by atoms with E-state index in [-0.39, 0.29) is 0 Å². The first-order valence-corrected chi connectivity index (χ1v) is 7.60. The van der Waals surface area contributed by atoms with Crippen LogP contribution in [0.15, 0.2) is 28.8 Å². The third-order valence-electron chi connectivity index (χ3n) is 4.10. The smallest absolute Gasteiger partial charge is 0.257 e. The van der Waals surface area contributed by atoms with Gasteiger partial charge in [0, 0.05) is 18.2 Å². The molecule has 0 spiro atoms. The van der Waals surface area contributed by atoms with Crippen LogP contribution in [-0.4, -0.2) is 34.2 Å². The first-order chi connectivity index (χ1) is 10.3. The number of nitrogens with zero attached hydrogens (tertiary/aromatic N) is 3. The molecule has 0 aliphatic carbocycles. The molecule has 1 aliphatic heterocycles. The zero-order valence-corrected chi connectivity index (χ0v) is 12.5. The fraction of sp³-hybridized carbons (Fsp3) is 0.500. The van der Waals surface area contributed by atoms with E-state index in [2.05, 4.69) is 34.1 Å². The second-order valence-corrected chi connectivity index (χ2v) is 5.74. The number of hydrogen-bond acceptors (Lipinski definition) is 5. The van der Waals surface area contributed by atoms with E-state index < -0.39 is 0 Å². The Labute approximate surface area is 125 Å². The van der Waals surface area contributed by atoms with Gasteiger partial charge in [0.2, 0.25) is 0 Å². The molecule has 0 amide bonds. The summed E-state index contributed by atoms with van der Waals surface area (Å²) in [5.74, 6) is 1.34. The second-order valence-electron chi connectivity index (χ2n) is 5.74. The van der Waals surface area contributed by atoms with Gasteiger partial charge in [0.1, 0.15) is 0 Å². The zero-order valence-electron chi connectivity index (χ0n) is 12.5. The summed E-state index contributed by atoms with van der Waals surface area (Å²) >= 11 is 0. The van der Waals surface area contributed by atoms with Crippen LogP contribution in [0.5, 0.6) is 0 Å². The molecule has 1 unspecified atom stereocenters. The Bertz CT molecular complexity index is 595. The minimum Gasteiger partial charge on any atom is -0.334 e. The Morgan fingerprint density at radius 3 is 3.10 bits per heavy atom. The summed E-state index contributed by atoms with van der Waals surface area (Å²) in [5.41, 5.74) is 8.02. The van der Waals surface area contributed by atoms with Crippen LogP contribution in [0.4, 0.5) is 0 Å². The molecule has 2 N–H and O–H groups in total. The van der Waals surface area contributed by atoms with E-state index in [1.165, 1.54) is 24.8 Å². The van der Waals surface area contributed by atoms with Crippen LogP contribution in [0.25, 0.3) is 11.5 Å². The lowest BCUT2D eigenvalue weighted by atomic mass is 10.0. The summed E-state index contributed by atoms with van der Waals surface area (Å²) in [7, 11) is 0. The quantitative estimate of drug-likeness (QED) is 0.934. The lowest BCUT2D eigenvalue weighted by Gasteiger charge is -2.33. The monoisotopic (exact) mass is 286 g/mol. The molecule has 1 fully saturated rings. The Morgan fingerprint density at radius 2 is 2.29 bits per heavy atom. The molecule has 5 heteroatoms. The van der Waals surface area contributed by atoms with Crippen LogP contribution in [0.3, 0.4) is 0 Å². The van der Waals surface area contributed by atoms with Gasteiger partial charge in [-0.3, -0.25) is 4.90 Å². The van der Waals surface area contributed by atoms with Crippen LogP contribution in [0, 0.1) is 6.92 Å². The van der Waals surface area contributed by atoms with E-state index in [1.54, 1.807) is 0 Å². The van der Waals surface area contributed by atoms with Gasteiger partial charge in [0.15, 0.2) is 5.82 Å². The Kier molecular flexibility index (Phi) is 4.31. The molecular weight excluding hydrogens is 264 g/mol. The fourth-order valence-electron chi connectivity index (χ4n) is 2.93. The van der Waals surface area contributed by atoms with E-state index >= 15 is 0 Å². The molecular formula is C16H22N4O. The first kappa shape index (κ1) is 14.2. The van der Waals surface area contributed by atoms with Gasteiger partial charge >= 0.3 is 0 Å². The largest absolute Gasteiger partial charge is 0.334 e. The third kappa shape index (κ3) is 3.31. The summed E-state index contributed by atoms with van der Waals surface area (Å²) in [5, 5.41) is 4.12. The van der Waals surface area contributed by atoms with Crippen molar-refractivity contribution < 1.29 is 4.52 Å². The van der Waals surface area contributed by atoms with Crippen molar-refractivity contribution in [2.75, 3.05) is 13.1 Å². The maximum atomic E-state index is 5.85. The Morgan fingerprint density at radius 1 is 1.38 bits per heavy atom. The van der Waals surface area contributed by atoms with Crippen molar-refractivity contribution in [3.05, 3.63) is 35.7 Å². The predicted octanol–water partition coefficient (Wildman–Crippen LogP) is 2.36. The maximum Gasteiger partial charge on any atom is 0.257 e. The topological polar surface area (TPSA) is 68.2 Å². The molecule has 0 saturated carbocycles. The highest BCUT2D eigenvalue weighted by Gasteiger charge is 2.23. The highest BCUT2D eigenvalue weighted by molar-refractivity contribution is 5.53. The van der Waals surface area contributed by atoms with E-state index in [0.29, 0.717) is 18.5 Å². The van der Waals surface area contributed by atoms with Gasteiger partial charge in [0.25, 0.3) is 5.89 Å². The van der Waals surface area contributed by atoms with E-state index in [1.807, 2.05) is 12.1 Å². The van der Waals surface area contributed by atoms with Gasteiger partial charge in [-0.05, 0) is 38.4 Å². The summed E-state index contributed by atoms with van der Waals surface area (Å²) in [6.45, 7) is 4.54. The molecule has 2 aromatic rings. The number of benzene rings is 1. The van der Waals surface area contributed by atoms with Crippen LogP contribution in [0.2, 0.25) is 0 Å². The Balaban J connectivity index is 1.73. The Hall–Kier alpha value is -1.72. The number of likely N-dealkylation sites (tertiary alicyclic amines) is 1. The number of rotatable bonds is 4. The summed E-state index contributed by atoms with van der Waals surface area (Å²) in [6.07, 6.45) is 3.65. The average molecular weight is 286 g/mol. The van der Waals surface area contributed by atoms with Crippen molar-refractivity contribution in [2.45, 2.75) is 38.8 Å². The minimum absolute atomic E-state index is 0.444. The standard InChI is InChI=1S/C16H22N4O/c1-12-5-4-6-13(9-12)16-18-15(19-21-16)11-20-8-3-2-7-14(20)10-17/h4-6,9,14H,2-3,7-8,10-11,17H2,1H3. The highest BCUT2D eigenvalue weighted by Crippen LogP contribution is 2.21. The van der Waals surface area contributed by atoms with Crippen molar-refractivity contribution in [3.63, 3.8) is 0 Å². The van der Waals surface area contributed by atoms with Gasteiger partial charge in [-0.25, -0.2) is 0 Å². The summed E-state index contributed by atoms with van der Waals surface area (Å²) in [4.78, 5) is 6.89. The normalized spacial score (nSPS) is 19.8. The van der Waals surface area contributed by atoms with Crippen LogP contribution in [-0.2, 0) is 6.54 Å². The van der Waals surface area contributed by atoms with Crippen LogP contribution in [0.1, 0.15) is 30.7 Å². The van der Waals surface area contributed by atoms with Crippen molar-refractivity contribution in [2.24, 2.45) is 5.73 Å². The fourth-order valence-corrected chi connectivity index (χ4v) is 2.93. The molecule has 112 valence electrons. The lowest BCUT2D eigenvalue weighted by molar-refractivity contribution is 0.140. The van der Waals surface area contributed by atoms with Crippen molar-refractivity contribution >= 4 is 0 Å². The second kappa shape index (κ2) is 6.37. The number of aryl methyl sites for hydroxylation is 1. The number of aromatic nitrogens is 2. The number of hydrogen-bond donors (Lipinski definition) is 1. The van der Waals surface area contributed by atoms with Gasteiger partial charge < -0.3 is 10.3 Å². The molecule has 21 heavy (non-hydrogen) atoms. The molecule has 1 atom stereocenters. The molecule has 1 aliphatic rings. The molecule has 5 nitrogen and oxygen atoms in total. The summed E-state index contributed by atoms with van der Waals surface area (Å²) < 4.78 is 5.40. The average Bonchev–Trinajstić information content (AvgIpc) is 2.96. The lowest BCUT2D eigenvalue weighted by Crippen LogP contribution is -2.43. The SMILES string of the molecule is Cc1cccc(-c2nc(CN3CCCCC3CN)no2)c1. The highest BCUT2D eigenvalue weighted by atomic mass is 16.5. The van der Waals surface area contributed by atoms with E-state index in [9.17, 15) is 0 Å². The molecule has 0 radical (unpaired) electrons. The van der Waals surface area contributed by atoms with E-state index in [4.69, 9.17) is 10.3 Å². The maximum absolute atomic E-state index is 5.85. The number of piperidine rings is 1. The van der Waals surface area contributed by atoms with Gasteiger partial charge in [0.05, 0.1) is 6.54 Å². The van der Waals surface area contributed by atoms with Gasteiger partial charge in [-0.2, -0.15) is 4.98 Å². The van der Waals surface area contributed by atoms with Crippen molar-refractivity contribution in [1.29, 1.82) is 0 Å². The van der Waals surface area contributed by atoms with Gasteiger partial charge in [-0.15, -0.1) is 0 Å². The molecule has 1 saturated heterocycles. The molecule has 0 bridgehead atoms. The zero-order chi connectivity index (χ0) is 14.7. The third-order valence-corrected chi connectivity index (χ3v) is 4.10. The van der Waals surface area contributed by atoms with Crippen molar-refractivity contribution in [1.82, 2.24) is 15.0 Å². The van der Waals surface area contributed by atoms with Gasteiger partial charge in [-0.1, -0.05) is 29.3 Å². The van der Waals surface area contributed by atoms with E-state index in [0.717, 1.165) is 24.5 Å². The van der Waals surface area contributed by atoms with Crippen LogP contribution >= 0.6 is 0 Å². The van der Waals surface area contributed by atoms with Crippen LogP contribution < -0.4 is 5.73 Å². The molecule has 1 aromatic carbocycles. The first-order valence-electron chi connectivity index (χ1n) is 7.60. The summed E-state index contributed by atoms with van der Waals surface area (Å²) in [6, 6.07) is 8.55. The predicted molar refractivity (Wildman–Crippen MR) is 81.6 cm³/mol. The van der Waals surface area contributed by atoms with Crippen molar-refractivity contribution in [3.8, 4) is 11.5 Å². The molecule has 2 heterocycles. The number of nitrogens with two attached hydrogens (primary N) is 1.